The topological polar surface area (TPSA) is 40.5 Å². The Kier molecular flexibility index (Phi) is 6.08. The highest BCUT2D eigenvalue weighted by atomic mass is 19.2. The van der Waals surface area contributed by atoms with Gasteiger partial charge in [0.1, 0.15) is 0 Å². The smallest absolute Gasteiger partial charge is 0.194 e. The molecule has 4 aromatic carbocycles. The molecular weight excluding hydrogens is 518 g/mol. The summed E-state index contributed by atoms with van der Waals surface area (Å²) in [6.07, 6.45) is 2.48. The van der Waals surface area contributed by atoms with Crippen molar-refractivity contribution in [1.29, 1.82) is 0 Å². The molecule has 0 saturated heterocycles. The average Bonchev–Trinajstić information content (AvgIpc) is 3.50. The van der Waals surface area contributed by atoms with E-state index in [0.717, 1.165) is 46.5 Å². The normalized spacial score (nSPS) is 15.2. The molecule has 6 rings (SSSR count). The molecule has 1 spiro atoms. The van der Waals surface area contributed by atoms with E-state index in [2.05, 4.69) is 0 Å². The summed E-state index contributed by atoms with van der Waals surface area (Å²) in [5, 5.41) is 21.1. The lowest BCUT2D eigenvalue weighted by Crippen LogP contribution is -2.25. The molecule has 0 aromatic heterocycles. The molecule has 200 valence electrons. The third-order valence-corrected chi connectivity index (χ3v) is 8.30. The van der Waals surface area contributed by atoms with Crippen molar-refractivity contribution < 1.29 is 36.6 Å². The van der Waals surface area contributed by atoms with Crippen LogP contribution in [0.25, 0.3) is 22.3 Å². The van der Waals surface area contributed by atoms with Gasteiger partial charge in [-0.1, -0.05) is 24.3 Å². The van der Waals surface area contributed by atoms with Gasteiger partial charge in [-0.2, -0.15) is 0 Å². The largest absolute Gasteiger partial charge is 0.392 e. The summed E-state index contributed by atoms with van der Waals surface area (Å²) < 4.78 is 83.9. The summed E-state index contributed by atoms with van der Waals surface area (Å²) in [4.78, 5) is 0. The molecule has 39 heavy (non-hydrogen) atoms. The number of fused-ring (bicyclic) bond motifs is 4. The third kappa shape index (κ3) is 3.72. The van der Waals surface area contributed by atoms with E-state index in [1.807, 2.05) is 12.1 Å². The number of benzene rings is 4. The molecule has 4 aromatic rings. The Bertz CT molecular complexity index is 1490. The molecule has 2 aliphatic rings. The third-order valence-electron chi connectivity index (χ3n) is 8.30. The molecule has 2 nitrogen and oxygen atoms in total. The van der Waals surface area contributed by atoms with Crippen molar-refractivity contribution in [1.82, 2.24) is 0 Å². The second-order valence-electron chi connectivity index (χ2n) is 10.2. The van der Waals surface area contributed by atoms with Crippen molar-refractivity contribution in [2.24, 2.45) is 0 Å². The van der Waals surface area contributed by atoms with E-state index >= 15 is 0 Å². The molecule has 0 unspecified atom stereocenters. The Morgan fingerprint density at radius 1 is 0.564 bits per heavy atom. The first kappa shape index (κ1) is 25.6. The van der Waals surface area contributed by atoms with Crippen LogP contribution < -0.4 is 0 Å². The fraction of sp³-hybridized carbons (Fsp3) is 0.226. The van der Waals surface area contributed by atoms with Gasteiger partial charge in [-0.25, -0.2) is 26.3 Å². The van der Waals surface area contributed by atoms with E-state index in [1.54, 1.807) is 12.1 Å². The summed E-state index contributed by atoms with van der Waals surface area (Å²) >= 11 is 0. The van der Waals surface area contributed by atoms with Crippen LogP contribution in [0.2, 0.25) is 0 Å². The number of hydrogen-bond donors (Lipinski definition) is 2. The van der Waals surface area contributed by atoms with Crippen LogP contribution in [-0.4, -0.2) is 10.2 Å². The molecule has 0 saturated carbocycles. The molecule has 0 heterocycles. The van der Waals surface area contributed by atoms with Gasteiger partial charge in [0.05, 0.1) is 13.2 Å². The van der Waals surface area contributed by atoms with Crippen LogP contribution in [0, 0.1) is 34.9 Å². The highest BCUT2D eigenvalue weighted by molar-refractivity contribution is 5.76. The van der Waals surface area contributed by atoms with Crippen LogP contribution in [0.5, 0.6) is 0 Å². The molecule has 0 bridgehead atoms. The number of halogens is 6. The summed E-state index contributed by atoms with van der Waals surface area (Å²) in [5.41, 5.74) is 4.44. The quantitative estimate of drug-likeness (QED) is 0.216. The lowest BCUT2D eigenvalue weighted by molar-refractivity contribution is 0.276. The van der Waals surface area contributed by atoms with Gasteiger partial charge in [-0.05, 0) is 106 Å². The zero-order valence-electron chi connectivity index (χ0n) is 20.5. The Hall–Kier alpha value is -3.62. The van der Waals surface area contributed by atoms with Crippen molar-refractivity contribution in [2.75, 3.05) is 0 Å². The zero-order chi connectivity index (χ0) is 27.6. The maximum Gasteiger partial charge on any atom is 0.194 e. The Balaban J connectivity index is 1.59. The SMILES string of the molecule is OCc1c(-c2cc(F)c(F)c(F)c2)ccc2c1C1(CC2)CCc2ccc(-c3cc(F)c(F)c(F)c3)c(CO)c21. The van der Waals surface area contributed by atoms with Gasteiger partial charge in [-0.15, -0.1) is 0 Å². The van der Waals surface area contributed by atoms with Crippen LogP contribution in [-0.2, 0) is 31.5 Å². The predicted molar refractivity (Wildman–Crippen MR) is 133 cm³/mol. The van der Waals surface area contributed by atoms with Crippen molar-refractivity contribution in [3.8, 4) is 22.3 Å². The number of hydrogen-bond acceptors (Lipinski definition) is 2. The van der Waals surface area contributed by atoms with Gasteiger partial charge in [0.2, 0.25) is 0 Å². The minimum absolute atomic E-state index is 0.0758. The van der Waals surface area contributed by atoms with Gasteiger partial charge in [-0.3, -0.25) is 0 Å². The van der Waals surface area contributed by atoms with Crippen LogP contribution >= 0.6 is 0 Å². The molecular formula is C31H22F6O2. The fourth-order valence-corrected chi connectivity index (χ4v) is 6.74. The molecule has 0 amide bonds. The van der Waals surface area contributed by atoms with Crippen LogP contribution in [0.3, 0.4) is 0 Å². The molecule has 0 fully saturated rings. The van der Waals surface area contributed by atoms with Crippen molar-refractivity contribution >= 4 is 0 Å². The van der Waals surface area contributed by atoms with Gasteiger partial charge < -0.3 is 10.2 Å². The van der Waals surface area contributed by atoms with Gasteiger partial charge in [0.25, 0.3) is 0 Å². The first-order valence-electron chi connectivity index (χ1n) is 12.5. The number of aliphatic hydroxyl groups is 2. The average molecular weight is 541 g/mol. The van der Waals surface area contributed by atoms with E-state index in [9.17, 15) is 36.6 Å². The van der Waals surface area contributed by atoms with Crippen LogP contribution in [0.1, 0.15) is 46.2 Å². The fourth-order valence-electron chi connectivity index (χ4n) is 6.74. The van der Waals surface area contributed by atoms with E-state index in [0.29, 0.717) is 47.9 Å². The molecule has 0 aliphatic heterocycles. The maximum atomic E-state index is 14.1. The maximum absolute atomic E-state index is 14.1. The second-order valence-corrected chi connectivity index (χ2v) is 10.2. The summed E-state index contributed by atoms with van der Waals surface area (Å²) in [6, 6.07) is 10.5. The predicted octanol–water partition coefficient (Wildman–Crippen LogP) is 7.02. The minimum Gasteiger partial charge on any atom is -0.392 e. The molecule has 8 heteroatoms. The zero-order valence-corrected chi connectivity index (χ0v) is 20.5. The monoisotopic (exact) mass is 540 g/mol. The minimum atomic E-state index is -1.58. The molecule has 0 atom stereocenters. The Morgan fingerprint density at radius 2 is 0.923 bits per heavy atom. The molecule has 2 N–H and O–H groups in total. The molecule has 2 aliphatic carbocycles. The van der Waals surface area contributed by atoms with E-state index in [-0.39, 0.29) is 11.1 Å². The lowest BCUT2D eigenvalue weighted by atomic mass is 9.71. The van der Waals surface area contributed by atoms with Crippen molar-refractivity contribution in [3.63, 3.8) is 0 Å². The highest BCUT2D eigenvalue weighted by Crippen LogP contribution is 2.56. The number of rotatable bonds is 4. The highest BCUT2D eigenvalue weighted by Gasteiger charge is 2.48. The standard InChI is InChI=1S/C31H22F6O2/c32-23-9-17(10-24(33)29(23)36)19-3-1-15-5-7-31(27(15)21(19)13-38)8-6-16-2-4-20(22(14-39)28(16)31)18-11-25(34)30(37)26(35)12-18/h1-4,9-12,38-39H,5-8,13-14H2. The molecule has 0 radical (unpaired) electrons. The number of aryl methyl sites for hydroxylation is 2. The van der Waals surface area contributed by atoms with E-state index in [1.165, 1.54) is 0 Å². The number of aliphatic hydroxyl groups excluding tert-OH is 2. The Morgan fingerprint density at radius 3 is 1.26 bits per heavy atom. The van der Waals surface area contributed by atoms with Gasteiger partial charge in [0.15, 0.2) is 34.9 Å². The Labute approximate surface area is 220 Å². The first-order chi connectivity index (χ1) is 18.7. The van der Waals surface area contributed by atoms with E-state index < -0.39 is 53.5 Å². The van der Waals surface area contributed by atoms with Crippen molar-refractivity contribution in [2.45, 2.75) is 44.3 Å². The van der Waals surface area contributed by atoms with Crippen molar-refractivity contribution in [3.05, 3.63) is 117 Å². The van der Waals surface area contributed by atoms with Gasteiger partial charge >= 0.3 is 0 Å². The van der Waals surface area contributed by atoms with E-state index in [4.69, 9.17) is 0 Å². The summed E-state index contributed by atoms with van der Waals surface area (Å²) in [6.45, 7) is -0.919. The van der Waals surface area contributed by atoms with Crippen LogP contribution in [0.15, 0.2) is 48.5 Å². The van der Waals surface area contributed by atoms with Gasteiger partial charge in [0, 0.05) is 5.41 Å². The van der Waals surface area contributed by atoms with Crippen LogP contribution in [0.4, 0.5) is 26.3 Å². The lowest BCUT2D eigenvalue weighted by Gasteiger charge is -2.32. The summed E-state index contributed by atoms with van der Waals surface area (Å²) in [5.74, 6) is -8.55. The second kappa shape index (κ2) is 9.24. The first-order valence-corrected chi connectivity index (χ1v) is 12.5. The summed E-state index contributed by atoms with van der Waals surface area (Å²) in [7, 11) is 0.